The highest BCUT2D eigenvalue weighted by Gasteiger charge is 2.24. The van der Waals surface area contributed by atoms with Gasteiger partial charge in [-0.25, -0.2) is 0 Å². The molecule has 0 radical (unpaired) electrons. The number of aliphatic hydroxyl groups is 1. The third-order valence-corrected chi connectivity index (χ3v) is 3.43. The third kappa shape index (κ3) is 5.53. The minimum Gasteiger partial charge on any atom is -0.381 e. The maximum Gasteiger partial charge on any atom is 0.0958 e. The van der Waals surface area contributed by atoms with Gasteiger partial charge in [-0.15, -0.1) is 0 Å². The van der Waals surface area contributed by atoms with Crippen LogP contribution in [0, 0.1) is 5.41 Å². The molecule has 92 valence electrons. The van der Waals surface area contributed by atoms with E-state index in [9.17, 15) is 5.11 Å². The molecule has 0 heterocycles. The van der Waals surface area contributed by atoms with Crippen LogP contribution in [-0.2, 0) is 0 Å². The molecule has 1 unspecified atom stereocenters. The molecule has 0 aliphatic carbocycles. The van der Waals surface area contributed by atoms with Gasteiger partial charge in [0.05, 0.1) is 6.73 Å². The SMILES string of the molecule is CCCN(CO)C(CC)CC(C)(C)CC. The Bertz CT molecular complexity index is 157. The predicted octanol–water partition coefficient (Wildman–Crippen LogP) is 3.25. The van der Waals surface area contributed by atoms with Gasteiger partial charge in [-0.3, -0.25) is 4.90 Å². The molecule has 0 aromatic rings. The van der Waals surface area contributed by atoms with Crippen LogP contribution < -0.4 is 0 Å². The molecule has 1 atom stereocenters. The van der Waals surface area contributed by atoms with Gasteiger partial charge in [0.1, 0.15) is 0 Å². The van der Waals surface area contributed by atoms with Crippen LogP contribution in [0.3, 0.4) is 0 Å². The predicted molar refractivity (Wildman–Crippen MR) is 66.9 cm³/mol. The summed E-state index contributed by atoms with van der Waals surface area (Å²) in [6.45, 7) is 12.5. The Labute approximate surface area is 95.7 Å². The molecule has 0 aromatic heterocycles. The molecule has 2 heteroatoms. The lowest BCUT2D eigenvalue weighted by Gasteiger charge is -2.35. The van der Waals surface area contributed by atoms with E-state index in [-0.39, 0.29) is 6.73 Å². The molecule has 0 amide bonds. The van der Waals surface area contributed by atoms with E-state index in [4.69, 9.17) is 0 Å². The van der Waals surface area contributed by atoms with Gasteiger partial charge in [0, 0.05) is 12.6 Å². The van der Waals surface area contributed by atoms with Crippen LogP contribution in [0.25, 0.3) is 0 Å². The van der Waals surface area contributed by atoms with E-state index in [1.807, 2.05) is 0 Å². The van der Waals surface area contributed by atoms with Gasteiger partial charge in [0.25, 0.3) is 0 Å². The zero-order valence-corrected chi connectivity index (χ0v) is 11.2. The van der Waals surface area contributed by atoms with Gasteiger partial charge in [-0.1, -0.05) is 41.0 Å². The number of rotatable bonds is 8. The first-order valence-corrected chi connectivity index (χ1v) is 6.35. The summed E-state index contributed by atoms with van der Waals surface area (Å²) in [4.78, 5) is 2.21. The lowest BCUT2D eigenvalue weighted by atomic mass is 9.82. The minimum absolute atomic E-state index is 0.201. The van der Waals surface area contributed by atoms with Crippen molar-refractivity contribution in [3.05, 3.63) is 0 Å². The summed E-state index contributed by atoms with van der Waals surface area (Å²) in [5.74, 6) is 0. The second-order valence-corrected chi connectivity index (χ2v) is 5.24. The molecule has 0 bridgehead atoms. The number of nitrogens with zero attached hydrogens (tertiary/aromatic N) is 1. The van der Waals surface area contributed by atoms with Crippen molar-refractivity contribution >= 4 is 0 Å². The molecule has 0 fully saturated rings. The highest BCUT2D eigenvalue weighted by atomic mass is 16.3. The maximum atomic E-state index is 9.35. The van der Waals surface area contributed by atoms with Crippen molar-refractivity contribution in [2.75, 3.05) is 13.3 Å². The summed E-state index contributed by atoms with van der Waals surface area (Å²) in [6, 6.07) is 0.532. The summed E-state index contributed by atoms with van der Waals surface area (Å²) < 4.78 is 0. The molecule has 0 rings (SSSR count). The molecule has 1 N–H and O–H groups in total. The van der Waals surface area contributed by atoms with Crippen LogP contribution in [0.2, 0.25) is 0 Å². The molecular weight excluding hydrogens is 186 g/mol. The van der Waals surface area contributed by atoms with Crippen LogP contribution in [0.1, 0.15) is 60.3 Å². The van der Waals surface area contributed by atoms with Crippen molar-refractivity contribution in [3.63, 3.8) is 0 Å². The minimum atomic E-state index is 0.201. The van der Waals surface area contributed by atoms with Crippen molar-refractivity contribution in [3.8, 4) is 0 Å². The van der Waals surface area contributed by atoms with Gasteiger partial charge in [0.2, 0.25) is 0 Å². The molecule has 0 aliphatic heterocycles. The fraction of sp³-hybridized carbons (Fsp3) is 1.00. The van der Waals surface area contributed by atoms with E-state index in [0.29, 0.717) is 11.5 Å². The van der Waals surface area contributed by atoms with Gasteiger partial charge >= 0.3 is 0 Å². The Morgan fingerprint density at radius 2 is 1.80 bits per heavy atom. The van der Waals surface area contributed by atoms with E-state index < -0.39 is 0 Å². The quantitative estimate of drug-likeness (QED) is 0.628. The Hall–Kier alpha value is -0.0800. The van der Waals surface area contributed by atoms with Gasteiger partial charge in [-0.2, -0.15) is 0 Å². The standard InChI is InChI=1S/C13H29NO/c1-6-9-14(11-15)12(7-2)10-13(4,5)8-3/h12,15H,6-11H2,1-5H3. The fourth-order valence-corrected chi connectivity index (χ4v) is 1.97. The highest BCUT2D eigenvalue weighted by molar-refractivity contribution is 4.77. The largest absolute Gasteiger partial charge is 0.381 e. The summed E-state index contributed by atoms with van der Waals surface area (Å²) in [7, 11) is 0. The molecule has 0 saturated heterocycles. The smallest absolute Gasteiger partial charge is 0.0958 e. The van der Waals surface area contributed by atoms with Gasteiger partial charge in [-0.05, 0) is 24.7 Å². The average Bonchev–Trinajstić information content (AvgIpc) is 2.23. The lowest BCUT2D eigenvalue weighted by Crippen LogP contribution is -2.39. The van der Waals surface area contributed by atoms with Crippen LogP contribution in [0.5, 0.6) is 0 Å². The first-order valence-electron chi connectivity index (χ1n) is 6.35. The first kappa shape index (κ1) is 14.9. The van der Waals surface area contributed by atoms with Crippen molar-refractivity contribution in [2.24, 2.45) is 5.41 Å². The Kier molecular flexibility index (Phi) is 7.20. The Balaban J connectivity index is 4.32. The maximum absolute atomic E-state index is 9.35. The third-order valence-electron chi connectivity index (χ3n) is 3.43. The number of aliphatic hydroxyl groups excluding tert-OH is 1. The van der Waals surface area contributed by atoms with Crippen molar-refractivity contribution in [1.29, 1.82) is 0 Å². The normalized spacial score (nSPS) is 14.6. The zero-order chi connectivity index (χ0) is 11.9. The number of hydrogen-bond acceptors (Lipinski definition) is 2. The van der Waals surface area contributed by atoms with Crippen LogP contribution >= 0.6 is 0 Å². The number of hydrogen-bond donors (Lipinski definition) is 1. The fourth-order valence-electron chi connectivity index (χ4n) is 1.97. The molecule has 15 heavy (non-hydrogen) atoms. The second kappa shape index (κ2) is 7.24. The molecule has 2 nitrogen and oxygen atoms in total. The topological polar surface area (TPSA) is 23.5 Å². The Morgan fingerprint density at radius 3 is 2.13 bits per heavy atom. The summed E-state index contributed by atoms with van der Waals surface area (Å²) in [6.07, 6.45) is 4.63. The molecular formula is C13H29NO. The van der Waals surface area contributed by atoms with Crippen LogP contribution in [0.15, 0.2) is 0 Å². The highest BCUT2D eigenvalue weighted by Crippen LogP contribution is 2.29. The van der Waals surface area contributed by atoms with Crippen LogP contribution in [-0.4, -0.2) is 29.3 Å². The zero-order valence-electron chi connectivity index (χ0n) is 11.2. The monoisotopic (exact) mass is 215 g/mol. The van der Waals surface area contributed by atoms with Gasteiger partial charge < -0.3 is 5.11 Å². The van der Waals surface area contributed by atoms with E-state index in [0.717, 1.165) is 19.4 Å². The summed E-state index contributed by atoms with van der Waals surface area (Å²) in [5.41, 5.74) is 0.391. The average molecular weight is 215 g/mol. The summed E-state index contributed by atoms with van der Waals surface area (Å²) >= 11 is 0. The van der Waals surface area contributed by atoms with E-state index in [1.54, 1.807) is 0 Å². The molecule has 0 aromatic carbocycles. The van der Waals surface area contributed by atoms with Crippen LogP contribution in [0.4, 0.5) is 0 Å². The molecule has 0 aliphatic rings. The van der Waals surface area contributed by atoms with E-state index in [1.165, 1.54) is 12.8 Å². The first-order chi connectivity index (χ1) is 7.00. The Morgan fingerprint density at radius 1 is 1.20 bits per heavy atom. The second-order valence-electron chi connectivity index (χ2n) is 5.24. The summed E-state index contributed by atoms with van der Waals surface area (Å²) in [5, 5.41) is 9.35. The van der Waals surface area contributed by atoms with Gasteiger partial charge in [0.15, 0.2) is 0 Å². The van der Waals surface area contributed by atoms with E-state index >= 15 is 0 Å². The molecule has 0 saturated carbocycles. The van der Waals surface area contributed by atoms with Crippen molar-refractivity contribution in [2.45, 2.75) is 66.3 Å². The molecule has 0 spiro atoms. The van der Waals surface area contributed by atoms with E-state index in [2.05, 4.69) is 39.5 Å². The lowest BCUT2D eigenvalue weighted by molar-refractivity contribution is 0.0449. The van der Waals surface area contributed by atoms with Crippen molar-refractivity contribution in [1.82, 2.24) is 4.90 Å². The van der Waals surface area contributed by atoms with Crippen molar-refractivity contribution < 1.29 is 5.11 Å².